The lowest BCUT2D eigenvalue weighted by molar-refractivity contribution is -0.142. The van der Waals surface area contributed by atoms with E-state index in [1.54, 1.807) is 6.07 Å². The zero-order valence-electron chi connectivity index (χ0n) is 8.89. The van der Waals surface area contributed by atoms with Gasteiger partial charge in [0.1, 0.15) is 11.9 Å². The number of aliphatic hydroxyl groups excluding tert-OH is 1. The Balaban J connectivity index is 2.65. The van der Waals surface area contributed by atoms with Gasteiger partial charge in [-0.15, -0.1) is 0 Å². The van der Waals surface area contributed by atoms with Gasteiger partial charge in [-0.1, -0.05) is 12.1 Å². The molecule has 0 bridgehead atoms. The van der Waals surface area contributed by atoms with E-state index in [0.717, 1.165) is 0 Å². The molecular weight excluding hydrogens is 213 g/mol. The first kappa shape index (κ1) is 12.6. The van der Waals surface area contributed by atoms with Crippen LogP contribution in [0.5, 0.6) is 0 Å². The molecule has 1 aromatic carbocycles. The molecule has 2 atom stereocenters. The molecule has 3 N–H and O–H groups in total. The SMILES string of the molecule is COC(=O)C(N)CC(O)c1cccc(F)c1. The van der Waals surface area contributed by atoms with Crippen LogP contribution in [-0.4, -0.2) is 24.2 Å². The fourth-order valence-electron chi connectivity index (χ4n) is 1.34. The van der Waals surface area contributed by atoms with E-state index < -0.39 is 23.9 Å². The highest BCUT2D eigenvalue weighted by Crippen LogP contribution is 2.18. The minimum atomic E-state index is -0.982. The van der Waals surface area contributed by atoms with Gasteiger partial charge in [-0.25, -0.2) is 4.39 Å². The lowest BCUT2D eigenvalue weighted by Gasteiger charge is -2.14. The number of carbonyl (C=O) groups excluding carboxylic acids is 1. The van der Waals surface area contributed by atoms with Crippen molar-refractivity contribution in [1.29, 1.82) is 0 Å². The Morgan fingerprint density at radius 3 is 2.88 bits per heavy atom. The van der Waals surface area contributed by atoms with E-state index in [9.17, 15) is 14.3 Å². The summed E-state index contributed by atoms with van der Waals surface area (Å²) in [7, 11) is 1.22. The van der Waals surface area contributed by atoms with Crippen molar-refractivity contribution >= 4 is 5.97 Å². The second-order valence-electron chi connectivity index (χ2n) is 3.44. The number of ether oxygens (including phenoxy) is 1. The second kappa shape index (κ2) is 5.58. The fourth-order valence-corrected chi connectivity index (χ4v) is 1.34. The van der Waals surface area contributed by atoms with Gasteiger partial charge in [0.15, 0.2) is 0 Å². The number of methoxy groups -OCH3 is 1. The zero-order chi connectivity index (χ0) is 12.1. The van der Waals surface area contributed by atoms with Crippen molar-refractivity contribution in [3.63, 3.8) is 0 Å². The molecule has 0 aliphatic carbocycles. The standard InChI is InChI=1S/C11H14FNO3/c1-16-11(15)9(13)6-10(14)7-3-2-4-8(12)5-7/h2-5,9-10,14H,6,13H2,1H3. The van der Waals surface area contributed by atoms with Crippen LogP contribution < -0.4 is 5.73 Å². The van der Waals surface area contributed by atoms with E-state index >= 15 is 0 Å². The zero-order valence-corrected chi connectivity index (χ0v) is 8.89. The molecule has 0 radical (unpaired) electrons. The molecule has 0 aromatic heterocycles. The van der Waals surface area contributed by atoms with Gasteiger partial charge < -0.3 is 15.6 Å². The van der Waals surface area contributed by atoms with E-state index in [2.05, 4.69) is 4.74 Å². The molecule has 5 heteroatoms. The van der Waals surface area contributed by atoms with Gasteiger partial charge in [0.2, 0.25) is 0 Å². The number of hydrogen-bond donors (Lipinski definition) is 2. The van der Waals surface area contributed by atoms with Crippen LogP contribution in [0.2, 0.25) is 0 Å². The quantitative estimate of drug-likeness (QED) is 0.744. The first-order valence-electron chi connectivity index (χ1n) is 4.81. The summed E-state index contributed by atoms with van der Waals surface area (Å²) < 4.78 is 17.3. The van der Waals surface area contributed by atoms with Crippen molar-refractivity contribution in [1.82, 2.24) is 0 Å². The lowest BCUT2D eigenvalue weighted by atomic mass is 10.0. The van der Waals surface area contributed by atoms with E-state index in [1.165, 1.54) is 25.3 Å². The monoisotopic (exact) mass is 227 g/mol. The second-order valence-corrected chi connectivity index (χ2v) is 3.44. The first-order chi connectivity index (χ1) is 7.54. The summed E-state index contributed by atoms with van der Waals surface area (Å²) in [5.41, 5.74) is 5.86. The molecule has 0 saturated heterocycles. The van der Waals surface area contributed by atoms with Crippen LogP contribution in [0.3, 0.4) is 0 Å². The first-order valence-corrected chi connectivity index (χ1v) is 4.81. The van der Waals surface area contributed by atoms with Gasteiger partial charge in [0.25, 0.3) is 0 Å². The van der Waals surface area contributed by atoms with Gasteiger partial charge in [0, 0.05) is 6.42 Å². The maximum atomic E-state index is 12.9. The molecule has 0 fully saturated rings. The molecule has 1 rings (SSSR count). The number of carbonyl (C=O) groups is 1. The molecule has 0 heterocycles. The highest BCUT2D eigenvalue weighted by atomic mass is 19.1. The highest BCUT2D eigenvalue weighted by molar-refractivity contribution is 5.75. The summed E-state index contributed by atoms with van der Waals surface area (Å²) in [4.78, 5) is 11.0. The molecule has 0 aliphatic heterocycles. The summed E-state index contributed by atoms with van der Waals surface area (Å²) in [6.07, 6.45) is -0.986. The summed E-state index contributed by atoms with van der Waals surface area (Å²) >= 11 is 0. The third-order valence-electron chi connectivity index (χ3n) is 2.21. The topological polar surface area (TPSA) is 72.5 Å². The molecule has 16 heavy (non-hydrogen) atoms. The third kappa shape index (κ3) is 3.29. The van der Waals surface area contributed by atoms with Crippen molar-refractivity contribution in [3.8, 4) is 0 Å². The molecule has 4 nitrogen and oxygen atoms in total. The maximum absolute atomic E-state index is 12.9. The average Bonchev–Trinajstić information content (AvgIpc) is 2.27. The fraction of sp³-hybridized carbons (Fsp3) is 0.364. The summed E-state index contributed by atoms with van der Waals surface area (Å²) in [6.45, 7) is 0. The predicted octanol–water partition coefficient (Wildman–Crippen LogP) is 0.750. The van der Waals surface area contributed by atoms with Crippen molar-refractivity contribution in [2.45, 2.75) is 18.6 Å². The Morgan fingerprint density at radius 2 is 2.31 bits per heavy atom. The van der Waals surface area contributed by atoms with Crippen LogP contribution >= 0.6 is 0 Å². The van der Waals surface area contributed by atoms with Crippen LogP contribution in [0.15, 0.2) is 24.3 Å². The summed E-state index contributed by atoms with van der Waals surface area (Å²) in [5, 5.41) is 9.71. The number of aliphatic hydroxyl groups is 1. The highest BCUT2D eigenvalue weighted by Gasteiger charge is 2.19. The van der Waals surface area contributed by atoms with E-state index in [-0.39, 0.29) is 6.42 Å². The van der Waals surface area contributed by atoms with Crippen LogP contribution in [0.4, 0.5) is 4.39 Å². The molecule has 0 aliphatic rings. The minimum Gasteiger partial charge on any atom is -0.468 e. The van der Waals surface area contributed by atoms with Crippen molar-refractivity contribution in [2.24, 2.45) is 5.73 Å². The third-order valence-corrected chi connectivity index (χ3v) is 2.21. The van der Waals surface area contributed by atoms with E-state index in [1.807, 2.05) is 0 Å². The lowest BCUT2D eigenvalue weighted by Crippen LogP contribution is -2.33. The number of rotatable bonds is 4. The molecular formula is C11H14FNO3. The van der Waals surface area contributed by atoms with Crippen molar-refractivity contribution < 1.29 is 19.0 Å². The Labute approximate surface area is 92.8 Å². The largest absolute Gasteiger partial charge is 0.468 e. The summed E-state index contributed by atoms with van der Waals surface area (Å²) in [5.74, 6) is -1.04. The molecule has 0 amide bonds. The molecule has 0 spiro atoms. The Morgan fingerprint density at radius 1 is 1.62 bits per heavy atom. The Hall–Kier alpha value is -1.46. The van der Waals surface area contributed by atoms with Crippen molar-refractivity contribution in [2.75, 3.05) is 7.11 Å². The van der Waals surface area contributed by atoms with Crippen LogP contribution in [0, 0.1) is 5.82 Å². The number of nitrogens with two attached hydrogens (primary N) is 1. The van der Waals surface area contributed by atoms with Crippen LogP contribution in [0.25, 0.3) is 0 Å². The number of benzene rings is 1. The van der Waals surface area contributed by atoms with Crippen LogP contribution in [0.1, 0.15) is 18.1 Å². The smallest absolute Gasteiger partial charge is 0.322 e. The van der Waals surface area contributed by atoms with Gasteiger partial charge in [-0.3, -0.25) is 4.79 Å². The minimum absolute atomic E-state index is 0.00384. The predicted molar refractivity (Wildman–Crippen MR) is 56.0 cm³/mol. The Kier molecular flexibility index (Phi) is 4.39. The van der Waals surface area contributed by atoms with Gasteiger partial charge in [0.05, 0.1) is 13.2 Å². The maximum Gasteiger partial charge on any atom is 0.322 e. The van der Waals surface area contributed by atoms with Gasteiger partial charge in [-0.05, 0) is 17.7 Å². The molecule has 88 valence electrons. The molecule has 0 saturated carbocycles. The number of esters is 1. The number of halogens is 1. The van der Waals surface area contributed by atoms with Gasteiger partial charge >= 0.3 is 5.97 Å². The van der Waals surface area contributed by atoms with E-state index in [4.69, 9.17) is 5.73 Å². The van der Waals surface area contributed by atoms with E-state index in [0.29, 0.717) is 5.56 Å². The van der Waals surface area contributed by atoms with Crippen molar-refractivity contribution in [3.05, 3.63) is 35.6 Å². The molecule has 1 aromatic rings. The average molecular weight is 227 g/mol. The van der Waals surface area contributed by atoms with Gasteiger partial charge in [-0.2, -0.15) is 0 Å². The Bertz CT molecular complexity index is 370. The van der Waals surface area contributed by atoms with Crippen LogP contribution in [-0.2, 0) is 9.53 Å². The molecule has 2 unspecified atom stereocenters. The normalized spacial score (nSPS) is 14.2. The summed E-state index contributed by atoms with van der Waals surface area (Å²) in [6, 6.07) is 4.61. The number of hydrogen-bond acceptors (Lipinski definition) is 4.